The van der Waals surface area contributed by atoms with Gasteiger partial charge in [-0.1, -0.05) is 29.3 Å². The van der Waals surface area contributed by atoms with Gasteiger partial charge in [0, 0.05) is 4.47 Å². The molecule has 2 nitrogen and oxygen atoms in total. The summed E-state index contributed by atoms with van der Waals surface area (Å²) in [5.74, 6) is 1.30. The van der Waals surface area contributed by atoms with E-state index in [0.717, 1.165) is 16.6 Å². The lowest BCUT2D eigenvalue weighted by Gasteiger charge is -2.29. The van der Waals surface area contributed by atoms with Crippen molar-refractivity contribution in [2.24, 2.45) is 5.92 Å². The molecule has 0 N–H and O–H groups in total. The molecule has 1 aliphatic rings. The van der Waals surface area contributed by atoms with E-state index in [1.807, 2.05) is 18.2 Å². The average molecular weight is 294 g/mol. The molecule has 3 heteroatoms. The molecule has 0 saturated heterocycles. The molecule has 90 valence electrons. The number of ether oxygens (including phenoxy) is 1. The molecule has 0 bridgehead atoms. The lowest BCUT2D eigenvalue weighted by molar-refractivity contribution is 0.102. The predicted molar refractivity (Wildman–Crippen MR) is 70.9 cm³/mol. The Morgan fingerprint density at radius 1 is 1.35 bits per heavy atom. The first kappa shape index (κ1) is 12.4. The Bertz CT molecular complexity index is 438. The summed E-state index contributed by atoms with van der Waals surface area (Å²) in [5.41, 5.74) is 0.608. The summed E-state index contributed by atoms with van der Waals surface area (Å²) in [5, 5.41) is 9.09. The largest absolute Gasteiger partial charge is 0.489 e. The molecular formula is C14H16BrNO. The second-order valence-electron chi connectivity index (χ2n) is 4.67. The van der Waals surface area contributed by atoms with Gasteiger partial charge >= 0.3 is 0 Å². The lowest BCUT2D eigenvalue weighted by atomic mass is 9.88. The Morgan fingerprint density at radius 3 is 2.82 bits per heavy atom. The van der Waals surface area contributed by atoms with Gasteiger partial charge in [-0.15, -0.1) is 0 Å². The summed E-state index contributed by atoms with van der Waals surface area (Å²) >= 11 is 3.37. The maximum atomic E-state index is 9.09. The maximum absolute atomic E-state index is 9.09. The molecule has 0 amide bonds. The smallest absolute Gasteiger partial charge is 0.137 e. The van der Waals surface area contributed by atoms with Crippen LogP contribution in [-0.4, -0.2) is 6.10 Å². The molecule has 1 fully saturated rings. The third kappa shape index (κ3) is 3.01. The highest BCUT2D eigenvalue weighted by atomic mass is 79.9. The summed E-state index contributed by atoms with van der Waals surface area (Å²) < 4.78 is 6.92. The molecule has 0 spiro atoms. The number of hydrogen-bond acceptors (Lipinski definition) is 2. The van der Waals surface area contributed by atoms with E-state index in [0.29, 0.717) is 11.5 Å². The van der Waals surface area contributed by atoms with Gasteiger partial charge in [-0.2, -0.15) is 5.26 Å². The number of rotatable bonds is 2. The second-order valence-corrected chi connectivity index (χ2v) is 5.59. The SMILES string of the molecule is CC1CCCCC1Oc1ccc(Br)cc1C#N. The van der Waals surface area contributed by atoms with Gasteiger partial charge in [-0.05, 0) is 43.4 Å². The summed E-state index contributed by atoms with van der Waals surface area (Å²) in [6.45, 7) is 2.23. The molecule has 1 aromatic rings. The summed E-state index contributed by atoms with van der Waals surface area (Å²) in [6, 6.07) is 7.79. The van der Waals surface area contributed by atoms with Crippen molar-refractivity contribution in [1.82, 2.24) is 0 Å². The Morgan fingerprint density at radius 2 is 2.12 bits per heavy atom. The first-order valence-corrected chi connectivity index (χ1v) is 6.86. The molecule has 0 heterocycles. The lowest BCUT2D eigenvalue weighted by Crippen LogP contribution is -2.28. The Hall–Kier alpha value is -1.01. The van der Waals surface area contributed by atoms with Crippen LogP contribution in [0.15, 0.2) is 22.7 Å². The minimum atomic E-state index is 0.261. The minimum Gasteiger partial charge on any atom is -0.489 e. The van der Waals surface area contributed by atoms with Crippen molar-refractivity contribution in [2.45, 2.75) is 38.7 Å². The fraction of sp³-hybridized carbons (Fsp3) is 0.500. The fourth-order valence-corrected chi connectivity index (χ4v) is 2.67. The molecule has 2 rings (SSSR count). The van der Waals surface area contributed by atoms with Crippen molar-refractivity contribution in [2.75, 3.05) is 0 Å². The van der Waals surface area contributed by atoms with Crippen molar-refractivity contribution in [3.05, 3.63) is 28.2 Å². The van der Waals surface area contributed by atoms with E-state index < -0.39 is 0 Å². The van der Waals surface area contributed by atoms with Crippen LogP contribution in [0, 0.1) is 17.2 Å². The number of nitrogens with zero attached hydrogens (tertiary/aromatic N) is 1. The molecular weight excluding hydrogens is 278 g/mol. The van der Waals surface area contributed by atoms with Crippen LogP contribution in [0.1, 0.15) is 38.2 Å². The zero-order chi connectivity index (χ0) is 12.3. The number of nitriles is 1. The molecule has 17 heavy (non-hydrogen) atoms. The van der Waals surface area contributed by atoms with Crippen LogP contribution in [0.4, 0.5) is 0 Å². The van der Waals surface area contributed by atoms with E-state index in [9.17, 15) is 0 Å². The number of benzene rings is 1. The van der Waals surface area contributed by atoms with Crippen LogP contribution in [0.3, 0.4) is 0 Å². The fourth-order valence-electron chi connectivity index (χ4n) is 2.31. The van der Waals surface area contributed by atoms with Gasteiger partial charge in [0.2, 0.25) is 0 Å². The Kier molecular flexibility index (Phi) is 4.06. The van der Waals surface area contributed by atoms with E-state index in [2.05, 4.69) is 28.9 Å². The highest BCUT2D eigenvalue weighted by molar-refractivity contribution is 9.10. The minimum absolute atomic E-state index is 0.261. The molecule has 1 aliphatic carbocycles. The van der Waals surface area contributed by atoms with Crippen molar-refractivity contribution < 1.29 is 4.74 Å². The van der Waals surface area contributed by atoms with Crippen LogP contribution in [0.25, 0.3) is 0 Å². The zero-order valence-electron chi connectivity index (χ0n) is 9.95. The van der Waals surface area contributed by atoms with Crippen molar-refractivity contribution >= 4 is 15.9 Å². The van der Waals surface area contributed by atoms with Crippen LogP contribution in [-0.2, 0) is 0 Å². The van der Waals surface area contributed by atoms with Crippen LogP contribution in [0.5, 0.6) is 5.75 Å². The standard InChI is InChI=1S/C14H16BrNO/c1-10-4-2-3-5-13(10)17-14-7-6-12(15)8-11(14)9-16/h6-8,10,13H,2-5H2,1H3. The van der Waals surface area contributed by atoms with Crippen molar-refractivity contribution in [1.29, 1.82) is 5.26 Å². The maximum Gasteiger partial charge on any atom is 0.137 e. The van der Waals surface area contributed by atoms with E-state index in [4.69, 9.17) is 10.00 Å². The summed E-state index contributed by atoms with van der Waals surface area (Å²) in [7, 11) is 0. The monoisotopic (exact) mass is 293 g/mol. The predicted octanol–water partition coefficient (Wildman–Crippen LogP) is 4.28. The van der Waals surface area contributed by atoms with Gasteiger partial charge in [0.05, 0.1) is 5.56 Å². The van der Waals surface area contributed by atoms with Crippen molar-refractivity contribution in [3.8, 4) is 11.8 Å². The van der Waals surface area contributed by atoms with Gasteiger partial charge in [0.15, 0.2) is 0 Å². The van der Waals surface area contributed by atoms with Crippen molar-refractivity contribution in [3.63, 3.8) is 0 Å². The molecule has 0 aliphatic heterocycles. The average Bonchev–Trinajstić information content (AvgIpc) is 2.34. The van der Waals surface area contributed by atoms with Crippen LogP contribution < -0.4 is 4.74 Å². The van der Waals surface area contributed by atoms with Gasteiger partial charge < -0.3 is 4.74 Å². The molecule has 2 unspecified atom stereocenters. The van der Waals surface area contributed by atoms with Crippen LogP contribution in [0.2, 0.25) is 0 Å². The highest BCUT2D eigenvalue weighted by Crippen LogP contribution is 2.30. The van der Waals surface area contributed by atoms with Gasteiger partial charge in [0.1, 0.15) is 17.9 Å². The Labute approximate surface area is 111 Å². The first-order valence-electron chi connectivity index (χ1n) is 6.07. The summed E-state index contributed by atoms with van der Waals surface area (Å²) in [4.78, 5) is 0. The summed E-state index contributed by atoms with van der Waals surface area (Å²) in [6.07, 6.45) is 5.11. The molecule has 0 aromatic heterocycles. The van der Waals surface area contributed by atoms with E-state index in [-0.39, 0.29) is 6.10 Å². The van der Waals surface area contributed by atoms with E-state index in [1.165, 1.54) is 19.3 Å². The van der Waals surface area contributed by atoms with E-state index >= 15 is 0 Å². The topological polar surface area (TPSA) is 33.0 Å². The third-order valence-corrected chi connectivity index (χ3v) is 3.87. The number of hydrogen-bond donors (Lipinski definition) is 0. The molecule has 1 aromatic carbocycles. The quantitative estimate of drug-likeness (QED) is 0.815. The van der Waals surface area contributed by atoms with Crippen LogP contribution >= 0.6 is 15.9 Å². The zero-order valence-corrected chi connectivity index (χ0v) is 11.5. The molecule has 0 radical (unpaired) electrons. The first-order chi connectivity index (χ1) is 8.20. The second kappa shape index (κ2) is 5.55. The normalized spacial score (nSPS) is 24.1. The highest BCUT2D eigenvalue weighted by Gasteiger charge is 2.23. The van der Waals surface area contributed by atoms with Gasteiger partial charge in [0.25, 0.3) is 0 Å². The Balaban J connectivity index is 2.15. The van der Waals surface area contributed by atoms with E-state index in [1.54, 1.807) is 0 Å². The van der Waals surface area contributed by atoms with Gasteiger partial charge in [-0.3, -0.25) is 0 Å². The molecule has 2 atom stereocenters. The molecule has 1 saturated carbocycles. The third-order valence-electron chi connectivity index (χ3n) is 3.37. The van der Waals surface area contributed by atoms with Gasteiger partial charge in [-0.25, -0.2) is 0 Å². The number of halogens is 1.